The number of ether oxygens (including phenoxy) is 1. The zero-order valence-corrected chi connectivity index (χ0v) is 8.31. The Bertz CT molecular complexity index is 291. The number of epoxide rings is 1. The number of hydrogen-bond acceptors (Lipinski definition) is 4. The van der Waals surface area contributed by atoms with E-state index in [0.29, 0.717) is 6.10 Å². The van der Waals surface area contributed by atoms with Crippen molar-refractivity contribution in [1.82, 2.24) is 4.98 Å². The van der Waals surface area contributed by atoms with Gasteiger partial charge >= 0.3 is 0 Å². The number of rotatable bonds is 2. The van der Waals surface area contributed by atoms with Crippen LogP contribution in [0.2, 0.25) is 0 Å². The Morgan fingerprint density at radius 1 is 1.58 bits per heavy atom. The van der Waals surface area contributed by atoms with Crippen LogP contribution in [-0.2, 0) is 4.74 Å². The second kappa shape index (κ2) is 2.71. The van der Waals surface area contributed by atoms with Gasteiger partial charge in [-0.15, -0.1) is 0 Å². The largest absolute Gasteiger partial charge is 0.367 e. The molecule has 0 unspecified atom stereocenters. The Morgan fingerprint density at radius 3 is 2.67 bits per heavy atom. The molecule has 1 aromatic heterocycles. The van der Waals surface area contributed by atoms with Crippen LogP contribution in [0, 0.1) is 6.92 Å². The van der Waals surface area contributed by atoms with E-state index in [2.05, 4.69) is 4.98 Å². The maximum absolute atomic E-state index is 5.22. The van der Waals surface area contributed by atoms with Crippen molar-refractivity contribution in [2.24, 2.45) is 0 Å². The molecule has 2 heterocycles. The number of thiazole rings is 1. The molecule has 3 nitrogen and oxygen atoms in total. The average molecular weight is 184 g/mol. The van der Waals surface area contributed by atoms with E-state index in [1.54, 1.807) is 11.3 Å². The van der Waals surface area contributed by atoms with Crippen molar-refractivity contribution < 1.29 is 4.74 Å². The normalized spacial score (nSPS) is 21.1. The smallest absolute Gasteiger partial charge is 0.185 e. The third-order valence-electron chi connectivity index (χ3n) is 1.83. The second-order valence-corrected chi connectivity index (χ2v) is 4.17. The first-order valence-electron chi connectivity index (χ1n) is 3.94. The highest BCUT2D eigenvalue weighted by Gasteiger charge is 2.29. The van der Waals surface area contributed by atoms with E-state index in [1.165, 1.54) is 4.88 Å². The predicted octanol–water partition coefficient (Wildman–Crippen LogP) is 1.59. The van der Waals surface area contributed by atoms with Gasteiger partial charge in [0.25, 0.3) is 0 Å². The molecule has 0 aliphatic carbocycles. The van der Waals surface area contributed by atoms with E-state index in [-0.39, 0.29) is 0 Å². The van der Waals surface area contributed by atoms with Gasteiger partial charge in [0, 0.05) is 14.1 Å². The van der Waals surface area contributed by atoms with E-state index in [9.17, 15) is 0 Å². The number of hydrogen-bond donors (Lipinski definition) is 0. The number of aryl methyl sites for hydroxylation is 1. The zero-order valence-electron chi connectivity index (χ0n) is 7.50. The Morgan fingerprint density at radius 2 is 2.25 bits per heavy atom. The average Bonchev–Trinajstić information content (AvgIpc) is 2.75. The number of anilines is 1. The van der Waals surface area contributed by atoms with Crippen LogP contribution in [0.3, 0.4) is 0 Å². The first-order valence-corrected chi connectivity index (χ1v) is 4.76. The number of nitrogens with zero attached hydrogens (tertiary/aromatic N) is 2. The van der Waals surface area contributed by atoms with Crippen LogP contribution >= 0.6 is 11.3 Å². The molecule has 0 saturated carbocycles. The predicted molar refractivity (Wildman–Crippen MR) is 49.9 cm³/mol. The van der Waals surface area contributed by atoms with Crippen molar-refractivity contribution in [3.05, 3.63) is 10.6 Å². The molecule has 1 saturated heterocycles. The maximum Gasteiger partial charge on any atom is 0.185 e. The molecule has 4 heteroatoms. The molecule has 1 atom stereocenters. The summed E-state index contributed by atoms with van der Waals surface area (Å²) in [5.41, 5.74) is 1.12. The van der Waals surface area contributed by atoms with Gasteiger partial charge in [0.05, 0.1) is 17.2 Å². The summed E-state index contributed by atoms with van der Waals surface area (Å²) >= 11 is 1.73. The quantitative estimate of drug-likeness (QED) is 0.653. The second-order valence-electron chi connectivity index (χ2n) is 3.16. The van der Waals surface area contributed by atoms with Crippen LogP contribution in [0.15, 0.2) is 0 Å². The van der Waals surface area contributed by atoms with E-state index >= 15 is 0 Å². The Balaban J connectivity index is 2.30. The molecule has 0 bridgehead atoms. The summed E-state index contributed by atoms with van der Waals surface area (Å²) in [4.78, 5) is 7.76. The van der Waals surface area contributed by atoms with Crippen LogP contribution in [0.25, 0.3) is 0 Å². The van der Waals surface area contributed by atoms with Crippen LogP contribution < -0.4 is 4.90 Å². The van der Waals surface area contributed by atoms with Gasteiger partial charge in [-0.25, -0.2) is 4.98 Å². The van der Waals surface area contributed by atoms with Crippen LogP contribution in [-0.4, -0.2) is 25.7 Å². The van der Waals surface area contributed by atoms with Gasteiger partial charge in [0.2, 0.25) is 0 Å². The molecule has 1 fully saturated rings. The molecule has 0 amide bonds. The summed E-state index contributed by atoms with van der Waals surface area (Å²) < 4.78 is 5.22. The lowest BCUT2D eigenvalue weighted by Crippen LogP contribution is -2.07. The fourth-order valence-corrected chi connectivity index (χ4v) is 2.11. The first-order chi connectivity index (χ1) is 5.68. The molecule has 0 spiro atoms. The third-order valence-corrected chi connectivity index (χ3v) is 3.25. The topological polar surface area (TPSA) is 28.7 Å². The van der Waals surface area contributed by atoms with Crippen LogP contribution in [0.5, 0.6) is 0 Å². The highest BCUT2D eigenvalue weighted by atomic mass is 32.1. The standard InChI is InChI=1S/C8H12N2OS/c1-5-7(6-4-11-6)12-8(9-5)10(2)3/h6H,4H2,1-3H3/t6-/m1/s1. The van der Waals surface area contributed by atoms with Crippen molar-refractivity contribution in [3.8, 4) is 0 Å². The third kappa shape index (κ3) is 1.32. The minimum Gasteiger partial charge on any atom is -0.367 e. The Kier molecular flexibility index (Phi) is 1.81. The van der Waals surface area contributed by atoms with Crippen molar-refractivity contribution in [3.63, 3.8) is 0 Å². The van der Waals surface area contributed by atoms with E-state index in [1.807, 2.05) is 25.9 Å². The molecule has 2 rings (SSSR count). The van der Waals surface area contributed by atoms with Gasteiger partial charge in [0.1, 0.15) is 6.10 Å². The minimum atomic E-state index is 0.344. The van der Waals surface area contributed by atoms with Crippen molar-refractivity contribution in [1.29, 1.82) is 0 Å². The van der Waals surface area contributed by atoms with Crippen molar-refractivity contribution in [2.45, 2.75) is 13.0 Å². The van der Waals surface area contributed by atoms with Crippen molar-refractivity contribution in [2.75, 3.05) is 25.6 Å². The molecular formula is C8H12N2OS. The molecule has 12 heavy (non-hydrogen) atoms. The summed E-state index contributed by atoms with van der Waals surface area (Å²) in [6.07, 6.45) is 0.344. The van der Waals surface area contributed by atoms with E-state index in [4.69, 9.17) is 4.74 Å². The summed E-state index contributed by atoms with van der Waals surface area (Å²) in [6, 6.07) is 0. The van der Waals surface area contributed by atoms with Crippen LogP contribution in [0.1, 0.15) is 16.7 Å². The molecule has 0 radical (unpaired) electrons. The van der Waals surface area contributed by atoms with Gasteiger partial charge in [-0.3, -0.25) is 0 Å². The molecule has 1 aliphatic rings. The summed E-state index contributed by atoms with van der Waals surface area (Å²) in [5, 5.41) is 1.07. The molecular weight excluding hydrogens is 172 g/mol. The minimum absolute atomic E-state index is 0.344. The lowest BCUT2D eigenvalue weighted by atomic mass is 10.3. The molecule has 0 N–H and O–H groups in total. The lowest BCUT2D eigenvalue weighted by Gasteiger charge is -2.04. The highest BCUT2D eigenvalue weighted by molar-refractivity contribution is 7.15. The fourth-order valence-electron chi connectivity index (χ4n) is 1.08. The van der Waals surface area contributed by atoms with Gasteiger partial charge in [0.15, 0.2) is 5.13 Å². The maximum atomic E-state index is 5.22. The summed E-state index contributed by atoms with van der Waals surface area (Å²) in [5.74, 6) is 0. The molecule has 1 aliphatic heterocycles. The van der Waals surface area contributed by atoms with Crippen LogP contribution in [0.4, 0.5) is 5.13 Å². The van der Waals surface area contributed by atoms with E-state index < -0.39 is 0 Å². The van der Waals surface area contributed by atoms with Gasteiger partial charge in [-0.1, -0.05) is 11.3 Å². The first kappa shape index (κ1) is 8.01. The Hall–Kier alpha value is -0.610. The number of aromatic nitrogens is 1. The zero-order chi connectivity index (χ0) is 8.72. The Labute approximate surface area is 76.0 Å². The van der Waals surface area contributed by atoms with Crippen molar-refractivity contribution >= 4 is 16.5 Å². The van der Waals surface area contributed by atoms with Gasteiger partial charge < -0.3 is 9.64 Å². The van der Waals surface area contributed by atoms with E-state index in [0.717, 1.165) is 17.4 Å². The SMILES string of the molecule is Cc1nc(N(C)C)sc1[C@H]1CO1. The van der Waals surface area contributed by atoms with Gasteiger partial charge in [-0.2, -0.15) is 0 Å². The molecule has 1 aromatic rings. The monoisotopic (exact) mass is 184 g/mol. The summed E-state index contributed by atoms with van der Waals surface area (Å²) in [7, 11) is 4.02. The lowest BCUT2D eigenvalue weighted by molar-refractivity contribution is 0.417. The molecule has 66 valence electrons. The van der Waals surface area contributed by atoms with Gasteiger partial charge in [-0.05, 0) is 6.92 Å². The summed E-state index contributed by atoms with van der Waals surface area (Å²) in [6.45, 7) is 2.91. The molecule has 0 aromatic carbocycles. The fraction of sp³-hybridized carbons (Fsp3) is 0.625. The highest BCUT2D eigenvalue weighted by Crippen LogP contribution is 2.38.